The van der Waals surface area contributed by atoms with Gasteiger partial charge in [-0.3, -0.25) is 9.80 Å². The van der Waals surface area contributed by atoms with Crippen LogP contribution < -0.4 is 0 Å². The molecular weight excluding hydrogens is 196 g/mol. The molecule has 0 aromatic heterocycles. The predicted octanol–water partition coefficient (Wildman–Crippen LogP) is 2.59. The van der Waals surface area contributed by atoms with E-state index in [1.807, 2.05) is 0 Å². The van der Waals surface area contributed by atoms with Crippen LogP contribution in [0.4, 0.5) is 0 Å². The Morgan fingerprint density at radius 1 is 0.938 bits per heavy atom. The zero-order chi connectivity index (χ0) is 11.5. The number of rotatable bonds is 2. The molecule has 94 valence electrons. The summed E-state index contributed by atoms with van der Waals surface area (Å²) in [5.74, 6) is 0.787. The first-order chi connectivity index (χ1) is 7.68. The standard InChI is InChI=1S/C14H28N2/c1-12(2)13(3)16-10-6-9-15-8-5-4-7-14(15)11-16/h12-14H,4-11H2,1-3H3. The third-order valence-electron chi connectivity index (χ3n) is 4.63. The lowest BCUT2D eigenvalue weighted by atomic mass is 10.00. The maximum atomic E-state index is 2.75. The Hall–Kier alpha value is -0.0800. The third kappa shape index (κ3) is 2.78. The Bertz CT molecular complexity index is 215. The summed E-state index contributed by atoms with van der Waals surface area (Å²) in [6.07, 6.45) is 5.68. The second-order valence-corrected chi connectivity index (χ2v) is 6.02. The molecule has 0 aromatic rings. The average molecular weight is 224 g/mol. The molecule has 0 N–H and O–H groups in total. The molecule has 2 fully saturated rings. The van der Waals surface area contributed by atoms with Crippen molar-refractivity contribution in [3.8, 4) is 0 Å². The van der Waals surface area contributed by atoms with Crippen LogP contribution in [0.15, 0.2) is 0 Å². The van der Waals surface area contributed by atoms with Crippen molar-refractivity contribution in [2.24, 2.45) is 5.92 Å². The van der Waals surface area contributed by atoms with E-state index in [-0.39, 0.29) is 0 Å². The highest BCUT2D eigenvalue weighted by Gasteiger charge is 2.29. The first-order valence-electron chi connectivity index (χ1n) is 7.16. The number of piperidine rings is 1. The van der Waals surface area contributed by atoms with E-state index in [0.717, 1.165) is 18.0 Å². The largest absolute Gasteiger partial charge is 0.299 e. The van der Waals surface area contributed by atoms with Crippen LogP contribution in [0.3, 0.4) is 0 Å². The maximum absolute atomic E-state index is 2.75. The molecule has 0 amide bonds. The van der Waals surface area contributed by atoms with Gasteiger partial charge in [-0.15, -0.1) is 0 Å². The normalized spacial score (nSPS) is 31.1. The summed E-state index contributed by atoms with van der Waals surface area (Å²) in [5.41, 5.74) is 0. The van der Waals surface area contributed by atoms with Gasteiger partial charge in [-0.25, -0.2) is 0 Å². The highest BCUT2D eigenvalue weighted by Crippen LogP contribution is 2.23. The van der Waals surface area contributed by atoms with Gasteiger partial charge in [-0.1, -0.05) is 20.3 Å². The fourth-order valence-corrected chi connectivity index (χ4v) is 3.19. The number of hydrogen-bond acceptors (Lipinski definition) is 2. The van der Waals surface area contributed by atoms with Gasteiger partial charge in [-0.05, 0) is 51.7 Å². The molecule has 2 heteroatoms. The molecule has 2 heterocycles. The minimum atomic E-state index is 0.752. The molecule has 0 aliphatic carbocycles. The number of nitrogens with zero attached hydrogens (tertiary/aromatic N) is 2. The molecule has 0 spiro atoms. The smallest absolute Gasteiger partial charge is 0.0223 e. The SMILES string of the molecule is CC(C)C(C)N1CCCN2CCCCC2C1. The van der Waals surface area contributed by atoms with Gasteiger partial charge < -0.3 is 0 Å². The molecule has 0 saturated carbocycles. The maximum Gasteiger partial charge on any atom is 0.0223 e. The van der Waals surface area contributed by atoms with Crippen molar-refractivity contribution in [3.63, 3.8) is 0 Å². The first kappa shape index (κ1) is 12.4. The summed E-state index contributed by atoms with van der Waals surface area (Å²) in [7, 11) is 0. The van der Waals surface area contributed by atoms with Gasteiger partial charge >= 0.3 is 0 Å². The molecule has 0 aromatic carbocycles. The van der Waals surface area contributed by atoms with Crippen LogP contribution in [-0.2, 0) is 0 Å². The molecule has 2 aliphatic rings. The van der Waals surface area contributed by atoms with E-state index in [1.54, 1.807) is 0 Å². The highest BCUT2D eigenvalue weighted by atomic mass is 15.3. The molecule has 2 atom stereocenters. The van der Waals surface area contributed by atoms with Gasteiger partial charge in [0.15, 0.2) is 0 Å². The van der Waals surface area contributed by atoms with Crippen molar-refractivity contribution in [3.05, 3.63) is 0 Å². The molecule has 16 heavy (non-hydrogen) atoms. The molecule has 2 unspecified atom stereocenters. The minimum absolute atomic E-state index is 0.752. The summed E-state index contributed by atoms with van der Waals surface area (Å²) >= 11 is 0. The predicted molar refractivity (Wildman–Crippen MR) is 69.7 cm³/mol. The average Bonchev–Trinajstić information content (AvgIpc) is 2.49. The van der Waals surface area contributed by atoms with Gasteiger partial charge in [0.1, 0.15) is 0 Å². The van der Waals surface area contributed by atoms with E-state index in [4.69, 9.17) is 0 Å². The zero-order valence-electron chi connectivity index (χ0n) is 11.3. The molecule has 2 aliphatic heterocycles. The van der Waals surface area contributed by atoms with Crippen LogP contribution in [0, 0.1) is 5.92 Å². The van der Waals surface area contributed by atoms with E-state index in [1.165, 1.54) is 51.9 Å². The molecular formula is C14H28N2. The topological polar surface area (TPSA) is 6.48 Å². The fraction of sp³-hybridized carbons (Fsp3) is 1.00. The van der Waals surface area contributed by atoms with Gasteiger partial charge in [0.05, 0.1) is 0 Å². The Morgan fingerprint density at radius 3 is 2.44 bits per heavy atom. The van der Waals surface area contributed by atoms with Gasteiger partial charge in [0, 0.05) is 18.6 Å². The second kappa shape index (κ2) is 5.50. The van der Waals surface area contributed by atoms with E-state index in [9.17, 15) is 0 Å². The molecule has 2 nitrogen and oxygen atoms in total. The van der Waals surface area contributed by atoms with Crippen LogP contribution >= 0.6 is 0 Å². The summed E-state index contributed by atoms with van der Waals surface area (Å²) < 4.78 is 0. The summed E-state index contributed by atoms with van der Waals surface area (Å²) in [4.78, 5) is 5.48. The van der Waals surface area contributed by atoms with Crippen molar-refractivity contribution in [2.45, 2.75) is 58.5 Å². The van der Waals surface area contributed by atoms with E-state index >= 15 is 0 Å². The first-order valence-corrected chi connectivity index (χ1v) is 7.16. The van der Waals surface area contributed by atoms with Crippen LogP contribution in [0.2, 0.25) is 0 Å². The second-order valence-electron chi connectivity index (χ2n) is 6.02. The lowest BCUT2D eigenvalue weighted by Gasteiger charge is -2.37. The van der Waals surface area contributed by atoms with Crippen molar-refractivity contribution in [1.82, 2.24) is 9.80 Å². The van der Waals surface area contributed by atoms with Crippen LogP contribution in [-0.4, -0.2) is 48.1 Å². The zero-order valence-corrected chi connectivity index (χ0v) is 11.3. The van der Waals surface area contributed by atoms with E-state index in [0.29, 0.717) is 0 Å². The van der Waals surface area contributed by atoms with Gasteiger partial charge in [-0.2, -0.15) is 0 Å². The van der Waals surface area contributed by atoms with E-state index in [2.05, 4.69) is 30.6 Å². The summed E-state index contributed by atoms with van der Waals surface area (Å²) in [5, 5.41) is 0. The Kier molecular flexibility index (Phi) is 4.26. The Labute approximate surface area is 101 Å². The summed E-state index contributed by atoms with van der Waals surface area (Å²) in [6, 6.07) is 1.61. The third-order valence-corrected chi connectivity index (χ3v) is 4.63. The fourth-order valence-electron chi connectivity index (χ4n) is 3.19. The molecule has 2 saturated heterocycles. The Balaban J connectivity index is 1.96. The minimum Gasteiger partial charge on any atom is -0.299 e. The van der Waals surface area contributed by atoms with Crippen LogP contribution in [0.25, 0.3) is 0 Å². The van der Waals surface area contributed by atoms with Crippen molar-refractivity contribution >= 4 is 0 Å². The monoisotopic (exact) mass is 224 g/mol. The highest BCUT2D eigenvalue weighted by molar-refractivity contribution is 4.85. The number of fused-ring (bicyclic) bond motifs is 1. The lowest BCUT2D eigenvalue weighted by molar-refractivity contribution is 0.110. The lowest BCUT2D eigenvalue weighted by Crippen LogP contribution is -2.46. The molecule has 2 rings (SSSR count). The van der Waals surface area contributed by atoms with Gasteiger partial charge in [0.2, 0.25) is 0 Å². The number of hydrogen-bond donors (Lipinski definition) is 0. The van der Waals surface area contributed by atoms with Gasteiger partial charge in [0.25, 0.3) is 0 Å². The van der Waals surface area contributed by atoms with Crippen molar-refractivity contribution < 1.29 is 0 Å². The molecule has 0 radical (unpaired) electrons. The summed E-state index contributed by atoms with van der Waals surface area (Å²) in [6.45, 7) is 12.4. The molecule has 0 bridgehead atoms. The van der Waals surface area contributed by atoms with Crippen LogP contribution in [0.1, 0.15) is 46.5 Å². The van der Waals surface area contributed by atoms with E-state index < -0.39 is 0 Å². The van der Waals surface area contributed by atoms with Crippen molar-refractivity contribution in [2.75, 3.05) is 26.2 Å². The quantitative estimate of drug-likeness (QED) is 0.711. The van der Waals surface area contributed by atoms with Crippen molar-refractivity contribution in [1.29, 1.82) is 0 Å². The van der Waals surface area contributed by atoms with Crippen LogP contribution in [0.5, 0.6) is 0 Å². The Morgan fingerprint density at radius 2 is 1.69 bits per heavy atom.